The van der Waals surface area contributed by atoms with Crippen LogP contribution in [0.1, 0.15) is 43.6 Å². The quantitative estimate of drug-likeness (QED) is 0.630. The highest BCUT2D eigenvalue weighted by Gasteiger charge is 2.52. The van der Waals surface area contributed by atoms with Crippen molar-refractivity contribution in [3.63, 3.8) is 0 Å². The van der Waals surface area contributed by atoms with E-state index in [-0.39, 0.29) is 5.56 Å². The molecule has 0 aliphatic carbocycles. The van der Waals surface area contributed by atoms with Crippen LogP contribution in [0.4, 0.5) is 0 Å². The smallest absolute Gasteiger partial charge is 0.491 e. The first-order valence-electron chi connectivity index (χ1n) is 7.69. The Balaban J connectivity index is 2.41. The molecule has 0 bridgehead atoms. The Labute approximate surface area is 148 Å². The fourth-order valence-electron chi connectivity index (χ4n) is 2.36. The van der Waals surface area contributed by atoms with Gasteiger partial charge in [-0.1, -0.05) is 6.08 Å². The van der Waals surface area contributed by atoms with Crippen LogP contribution in [-0.4, -0.2) is 42.3 Å². The third-order valence-corrected chi connectivity index (χ3v) is 4.92. The molecule has 0 atom stereocenters. The van der Waals surface area contributed by atoms with E-state index in [9.17, 15) is 9.90 Å². The van der Waals surface area contributed by atoms with E-state index in [2.05, 4.69) is 12.6 Å². The first-order valence-corrected chi connectivity index (χ1v) is 8.33. The van der Waals surface area contributed by atoms with Gasteiger partial charge in [-0.15, -0.1) is 0 Å². The zero-order valence-electron chi connectivity index (χ0n) is 14.6. The molecule has 1 aliphatic heterocycles. The van der Waals surface area contributed by atoms with E-state index in [0.717, 1.165) is 5.47 Å². The third-order valence-electron chi connectivity index (χ3n) is 4.56. The fourth-order valence-corrected chi connectivity index (χ4v) is 2.60. The molecular formula is C17H23BO5S. The van der Waals surface area contributed by atoms with E-state index in [1.54, 1.807) is 19.2 Å². The average Bonchev–Trinajstić information content (AvgIpc) is 2.72. The first kappa shape index (κ1) is 18.9. The van der Waals surface area contributed by atoms with Gasteiger partial charge in [-0.3, -0.25) is 0 Å². The highest BCUT2D eigenvalue weighted by atomic mass is 32.1. The van der Waals surface area contributed by atoms with Crippen LogP contribution in [0.25, 0.3) is 6.08 Å². The molecule has 0 radical (unpaired) electrons. The molecule has 0 spiro atoms. The van der Waals surface area contributed by atoms with Crippen molar-refractivity contribution < 1.29 is 23.9 Å². The number of hydrogen-bond acceptors (Lipinski definition) is 5. The van der Waals surface area contributed by atoms with Crippen molar-refractivity contribution in [1.82, 2.24) is 0 Å². The van der Waals surface area contributed by atoms with Crippen molar-refractivity contribution in [3.8, 4) is 5.75 Å². The standard InChI is InChI=1S/C17H23BO5S/c1-16(2)17(3,4)23-18(22-16)13(10-24)9-12-8-11(15(19)20)6-7-14(12)21-5/h6-9,24H,10H2,1-5H3,(H,19,20). The highest BCUT2D eigenvalue weighted by molar-refractivity contribution is 7.80. The van der Waals surface area contributed by atoms with E-state index in [4.69, 9.17) is 14.0 Å². The number of benzene rings is 1. The lowest BCUT2D eigenvalue weighted by molar-refractivity contribution is 0.00578. The molecule has 1 N–H and O–H groups in total. The monoisotopic (exact) mass is 350 g/mol. The van der Waals surface area contributed by atoms with E-state index in [0.29, 0.717) is 17.1 Å². The van der Waals surface area contributed by atoms with Gasteiger partial charge in [0.15, 0.2) is 0 Å². The average molecular weight is 350 g/mol. The van der Waals surface area contributed by atoms with Crippen LogP contribution < -0.4 is 4.74 Å². The van der Waals surface area contributed by atoms with E-state index < -0.39 is 24.3 Å². The number of carbonyl (C=O) groups is 1. The molecule has 2 rings (SSSR count). The van der Waals surface area contributed by atoms with Gasteiger partial charge >= 0.3 is 13.1 Å². The lowest BCUT2D eigenvalue weighted by atomic mass is 9.78. The molecule has 1 heterocycles. The Kier molecular flexibility index (Phi) is 5.37. The molecule has 1 aromatic carbocycles. The van der Waals surface area contributed by atoms with Crippen LogP contribution >= 0.6 is 12.6 Å². The summed E-state index contributed by atoms with van der Waals surface area (Å²) in [4.78, 5) is 11.2. The van der Waals surface area contributed by atoms with Gasteiger partial charge in [0.1, 0.15) is 5.75 Å². The molecule has 1 aromatic rings. The highest BCUT2D eigenvalue weighted by Crippen LogP contribution is 2.39. The second-order valence-electron chi connectivity index (χ2n) is 6.73. The van der Waals surface area contributed by atoms with Crippen LogP contribution in [0, 0.1) is 0 Å². The van der Waals surface area contributed by atoms with E-state index in [1.165, 1.54) is 6.07 Å². The molecule has 0 aromatic heterocycles. The zero-order valence-corrected chi connectivity index (χ0v) is 15.5. The second-order valence-corrected chi connectivity index (χ2v) is 7.04. The van der Waals surface area contributed by atoms with Crippen molar-refractivity contribution in [2.75, 3.05) is 12.9 Å². The summed E-state index contributed by atoms with van der Waals surface area (Å²) in [7, 11) is 1.01. The Morgan fingerprint density at radius 2 is 1.88 bits per heavy atom. The molecule has 0 unspecified atom stereocenters. The molecule has 1 aliphatic rings. The Bertz CT molecular complexity index is 653. The van der Waals surface area contributed by atoms with Crippen molar-refractivity contribution >= 4 is 31.8 Å². The van der Waals surface area contributed by atoms with Gasteiger partial charge in [-0.2, -0.15) is 12.6 Å². The summed E-state index contributed by atoms with van der Waals surface area (Å²) >= 11 is 4.38. The number of ether oxygens (including phenoxy) is 1. The molecule has 130 valence electrons. The Morgan fingerprint density at radius 1 is 1.29 bits per heavy atom. The van der Waals surface area contributed by atoms with Crippen molar-refractivity contribution in [1.29, 1.82) is 0 Å². The number of carboxylic acids is 1. The maximum atomic E-state index is 11.2. The van der Waals surface area contributed by atoms with Gasteiger partial charge in [0.2, 0.25) is 0 Å². The molecule has 1 fully saturated rings. The predicted octanol–water partition coefficient (Wildman–Crippen LogP) is 3.34. The number of rotatable bonds is 5. The molecule has 0 saturated carbocycles. The number of methoxy groups -OCH3 is 1. The molecule has 7 heteroatoms. The summed E-state index contributed by atoms with van der Waals surface area (Å²) in [5, 5.41) is 9.19. The SMILES string of the molecule is COc1ccc(C(=O)O)cc1C=C(CS)B1OC(C)(C)C(C)(C)O1. The zero-order chi connectivity index (χ0) is 18.1. The maximum Gasteiger partial charge on any atom is 0.491 e. The second kappa shape index (κ2) is 6.82. The minimum atomic E-state index is -0.990. The number of hydrogen-bond donors (Lipinski definition) is 2. The van der Waals surface area contributed by atoms with Gasteiger partial charge in [0.05, 0.1) is 23.9 Å². The van der Waals surface area contributed by atoms with Gasteiger partial charge in [0.25, 0.3) is 0 Å². The summed E-state index contributed by atoms with van der Waals surface area (Å²) < 4.78 is 17.4. The van der Waals surface area contributed by atoms with Gasteiger partial charge in [0, 0.05) is 11.3 Å². The fraction of sp³-hybridized carbons (Fsp3) is 0.471. The lowest BCUT2D eigenvalue weighted by Gasteiger charge is -2.32. The Hall–Kier alpha value is -1.44. The normalized spacial score (nSPS) is 19.4. The summed E-state index contributed by atoms with van der Waals surface area (Å²) in [5.74, 6) is 0.00301. The summed E-state index contributed by atoms with van der Waals surface area (Å²) in [6.45, 7) is 7.92. The van der Waals surface area contributed by atoms with Crippen LogP contribution in [0.3, 0.4) is 0 Å². The Morgan fingerprint density at radius 3 is 2.33 bits per heavy atom. The maximum absolute atomic E-state index is 11.2. The van der Waals surface area contributed by atoms with Crippen molar-refractivity contribution in [3.05, 3.63) is 34.8 Å². The van der Waals surface area contributed by atoms with Gasteiger partial charge in [-0.05, 0) is 51.4 Å². The van der Waals surface area contributed by atoms with Crippen molar-refractivity contribution in [2.45, 2.75) is 38.9 Å². The topological polar surface area (TPSA) is 65.0 Å². The molecule has 5 nitrogen and oxygen atoms in total. The van der Waals surface area contributed by atoms with Crippen LogP contribution in [0.5, 0.6) is 5.75 Å². The molecule has 0 amide bonds. The first-order chi connectivity index (χ1) is 11.1. The number of carboxylic acid groups (broad SMARTS) is 1. The minimum absolute atomic E-state index is 0.189. The minimum Gasteiger partial charge on any atom is -0.496 e. The van der Waals surface area contributed by atoms with Crippen LogP contribution in [-0.2, 0) is 9.31 Å². The molecule has 24 heavy (non-hydrogen) atoms. The predicted molar refractivity (Wildman–Crippen MR) is 97.9 cm³/mol. The largest absolute Gasteiger partial charge is 0.496 e. The van der Waals surface area contributed by atoms with Gasteiger partial charge in [-0.25, -0.2) is 4.79 Å². The number of thiol groups is 1. The third kappa shape index (κ3) is 3.63. The molecule has 1 saturated heterocycles. The van der Waals surface area contributed by atoms with Crippen LogP contribution in [0.2, 0.25) is 0 Å². The summed E-state index contributed by atoms with van der Waals surface area (Å²) in [6, 6.07) is 4.71. The van der Waals surface area contributed by atoms with Crippen LogP contribution in [0.15, 0.2) is 23.7 Å². The lowest BCUT2D eigenvalue weighted by Crippen LogP contribution is -2.41. The summed E-state index contributed by atoms with van der Waals surface area (Å²) in [6.07, 6.45) is 1.82. The van der Waals surface area contributed by atoms with Gasteiger partial charge < -0.3 is 19.2 Å². The number of aromatic carboxylic acids is 1. The van der Waals surface area contributed by atoms with E-state index >= 15 is 0 Å². The van der Waals surface area contributed by atoms with E-state index in [1.807, 2.05) is 33.8 Å². The molecular weight excluding hydrogens is 327 g/mol. The summed E-state index contributed by atoms with van der Waals surface area (Å²) in [5.41, 5.74) is 0.739. The van der Waals surface area contributed by atoms with Crippen molar-refractivity contribution in [2.24, 2.45) is 0 Å².